The zero-order valence-corrected chi connectivity index (χ0v) is 30.9. The minimum Gasteiger partial charge on any atom is -0.439 e. The number of hydrogen-bond acceptors (Lipinski definition) is 8. The Bertz CT molecular complexity index is 2520. The van der Waals surface area contributed by atoms with Gasteiger partial charge in [-0.05, 0) is 77.2 Å². The minimum atomic E-state index is -4.16. The molecule has 0 aliphatic carbocycles. The fourth-order valence-electron chi connectivity index (χ4n) is 6.29. The number of thiazole rings is 1. The summed E-state index contributed by atoms with van der Waals surface area (Å²) in [6, 6.07) is 26.4. The fraction of sp³-hybridized carbons (Fsp3) is 0.216. The lowest BCUT2D eigenvalue weighted by Crippen LogP contribution is -2.36. The van der Waals surface area contributed by atoms with Crippen molar-refractivity contribution in [2.75, 3.05) is 23.0 Å². The van der Waals surface area contributed by atoms with Gasteiger partial charge in [-0.25, -0.2) is 0 Å². The highest BCUT2D eigenvalue weighted by Crippen LogP contribution is 2.42. The van der Waals surface area contributed by atoms with Gasteiger partial charge in [0.1, 0.15) is 4.70 Å². The summed E-state index contributed by atoms with van der Waals surface area (Å²) in [5, 5.41) is 4.05. The third-order valence-corrected chi connectivity index (χ3v) is 12.4. The van der Waals surface area contributed by atoms with Crippen LogP contribution in [0.3, 0.4) is 0 Å². The van der Waals surface area contributed by atoms with Crippen LogP contribution in [0.2, 0.25) is 0 Å². The second-order valence-electron chi connectivity index (χ2n) is 12.2. The molecule has 14 heteroatoms. The second-order valence-corrected chi connectivity index (χ2v) is 17.4. The molecular weight excluding hydrogens is 727 g/mol. The maximum absolute atomic E-state index is 11.6. The van der Waals surface area contributed by atoms with E-state index in [0.29, 0.717) is 24.6 Å². The van der Waals surface area contributed by atoms with Crippen LogP contribution >= 0.6 is 22.7 Å². The Hall–Kier alpha value is -4.31. The van der Waals surface area contributed by atoms with Gasteiger partial charge in [0.25, 0.3) is 25.2 Å². The molecule has 0 unspecified atom stereocenters. The molecule has 0 saturated carbocycles. The number of fused-ring (bicyclic) bond motifs is 3. The van der Waals surface area contributed by atoms with E-state index in [2.05, 4.69) is 57.7 Å². The van der Waals surface area contributed by atoms with Crippen molar-refractivity contribution >= 4 is 75.8 Å². The molecule has 51 heavy (non-hydrogen) atoms. The molecule has 0 fully saturated rings. The maximum Gasteiger partial charge on any atom is 0.265 e. The number of rotatable bonds is 13. The van der Waals surface area contributed by atoms with Gasteiger partial charge in [0.05, 0.1) is 22.7 Å². The van der Waals surface area contributed by atoms with Crippen molar-refractivity contribution in [2.45, 2.75) is 32.7 Å². The van der Waals surface area contributed by atoms with E-state index in [1.165, 1.54) is 0 Å². The summed E-state index contributed by atoms with van der Waals surface area (Å²) in [6.45, 7) is 2.71. The summed E-state index contributed by atoms with van der Waals surface area (Å²) in [6.07, 6.45) is 7.08. The van der Waals surface area contributed by atoms with Crippen LogP contribution in [-0.4, -0.2) is 48.6 Å². The average Bonchev–Trinajstić information content (AvgIpc) is 3.89. The largest absolute Gasteiger partial charge is 0.439 e. The summed E-state index contributed by atoms with van der Waals surface area (Å²) in [5.74, 6) is 0.429. The zero-order valence-electron chi connectivity index (χ0n) is 27.7. The van der Waals surface area contributed by atoms with Gasteiger partial charge in [-0.15, -0.1) is 11.3 Å². The number of para-hydroxylation sites is 1. The Labute approximate surface area is 304 Å². The highest BCUT2D eigenvalue weighted by atomic mass is 32.2. The standard InChI is InChI=1S/C37H35N3O7S4/c1-2-26(23-37-40(17-7-21-51(44,45)46)32-24-28(11-14-35(32)49-37)34-10-5-19-48-34)22-36-39(16-6-20-50(41,42)43)31-25-29(12-13-33(31)47-36)38-18-15-27-8-3-4-9-30(27)38/h3-5,8-15,18-19,22-25H,2,6-7,16-17,20-21H2,1H3,(H-,41,42,43,44,45,46)/p+1. The third kappa shape index (κ3) is 7.96. The van der Waals surface area contributed by atoms with Gasteiger partial charge in [0, 0.05) is 47.9 Å². The quantitative estimate of drug-likeness (QED) is 0.0896. The van der Waals surface area contributed by atoms with Crippen LogP contribution in [0.1, 0.15) is 31.2 Å². The van der Waals surface area contributed by atoms with E-state index in [4.69, 9.17) is 4.74 Å². The molecule has 3 aromatic heterocycles. The van der Waals surface area contributed by atoms with E-state index in [9.17, 15) is 25.9 Å². The maximum atomic E-state index is 11.6. The fourth-order valence-corrected chi connectivity index (χ4v) is 9.15. The number of allylic oxidation sites excluding steroid dienone is 2. The van der Waals surface area contributed by atoms with Crippen molar-refractivity contribution in [3.05, 3.63) is 113 Å². The Kier molecular flexibility index (Phi) is 9.89. The molecule has 264 valence electrons. The van der Waals surface area contributed by atoms with E-state index in [1.54, 1.807) is 22.7 Å². The predicted molar refractivity (Wildman–Crippen MR) is 205 cm³/mol. The van der Waals surface area contributed by atoms with Gasteiger partial charge in [-0.3, -0.25) is 9.11 Å². The van der Waals surface area contributed by atoms with Gasteiger partial charge < -0.3 is 14.2 Å². The van der Waals surface area contributed by atoms with E-state index in [1.807, 2.05) is 65.9 Å². The molecule has 4 heterocycles. The van der Waals surface area contributed by atoms with E-state index < -0.39 is 20.2 Å². The summed E-state index contributed by atoms with van der Waals surface area (Å²) in [7, 11) is -8.27. The molecule has 0 atom stereocenters. The van der Waals surface area contributed by atoms with Crippen molar-refractivity contribution in [1.29, 1.82) is 0 Å². The molecule has 0 spiro atoms. The molecule has 6 aromatic rings. The number of ether oxygens (including phenoxy) is 1. The number of anilines is 1. The second kappa shape index (κ2) is 14.4. The summed E-state index contributed by atoms with van der Waals surface area (Å²) in [4.78, 5) is 3.07. The van der Waals surface area contributed by atoms with Crippen LogP contribution < -0.4 is 14.2 Å². The molecule has 3 aromatic carbocycles. The van der Waals surface area contributed by atoms with E-state index in [-0.39, 0.29) is 30.9 Å². The molecule has 1 aliphatic rings. The van der Waals surface area contributed by atoms with Gasteiger partial charge in [0.15, 0.2) is 12.3 Å². The van der Waals surface area contributed by atoms with Crippen molar-refractivity contribution in [3.8, 4) is 21.9 Å². The highest BCUT2D eigenvalue weighted by Gasteiger charge is 2.28. The molecule has 0 saturated heterocycles. The summed E-state index contributed by atoms with van der Waals surface area (Å²) in [5.41, 5.74) is 5.73. The van der Waals surface area contributed by atoms with Gasteiger partial charge >= 0.3 is 0 Å². The van der Waals surface area contributed by atoms with Gasteiger partial charge in [0.2, 0.25) is 11.4 Å². The molecule has 0 radical (unpaired) electrons. The number of benzene rings is 3. The van der Waals surface area contributed by atoms with Crippen molar-refractivity contribution in [2.24, 2.45) is 0 Å². The first-order valence-corrected chi connectivity index (χ1v) is 21.4. The summed E-state index contributed by atoms with van der Waals surface area (Å²) < 4.78 is 77.1. The zero-order chi connectivity index (χ0) is 35.8. The predicted octanol–water partition coefficient (Wildman–Crippen LogP) is 7.95. The molecule has 0 bridgehead atoms. The SMILES string of the molecule is CCC(/C=C1\Oc2ccc(-n3ccc4ccccc43)cc2N1CCCS(=O)(=O)O)=C\c1sc2ccc(-c3cccs3)cc2[n+]1CCCS(=O)(=O)O. The lowest BCUT2D eigenvalue weighted by molar-refractivity contribution is -0.668. The molecular formula is C37H36N3O7S4+. The first-order valence-electron chi connectivity index (χ1n) is 16.4. The molecule has 7 rings (SSSR count). The van der Waals surface area contributed by atoms with E-state index >= 15 is 0 Å². The van der Waals surface area contributed by atoms with Crippen LogP contribution in [0.5, 0.6) is 5.75 Å². The molecule has 2 N–H and O–H groups in total. The minimum absolute atomic E-state index is 0.178. The monoisotopic (exact) mass is 762 g/mol. The topological polar surface area (TPSA) is 130 Å². The molecule has 1 aliphatic heterocycles. The highest BCUT2D eigenvalue weighted by molar-refractivity contribution is 7.86. The lowest BCUT2D eigenvalue weighted by Gasteiger charge is -2.19. The number of aromatic nitrogens is 2. The smallest absolute Gasteiger partial charge is 0.265 e. The van der Waals surface area contributed by atoms with Gasteiger partial charge in [-0.1, -0.05) is 48.6 Å². The Morgan fingerprint density at radius 3 is 2.49 bits per heavy atom. The Balaban J connectivity index is 1.27. The molecule has 0 amide bonds. The van der Waals surface area contributed by atoms with Crippen LogP contribution in [0.25, 0.3) is 43.3 Å². The number of thiophene rings is 1. The summed E-state index contributed by atoms with van der Waals surface area (Å²) >= 11 is 3.24. The number of nitrogens with zero attached hydrogens (tertiary/aromatic N) is 3. The van der Waals surface area contributed by atoms with Gasteiger partial charge in [-0.2, -0.15) is 21.4 Å². The first kappa shape index (κ1) is 35.1. The molecule has 10 nitrogen and oxygen atoms in total. The van der Waals surface area contributed by atoms with Crippen LogP contribution in [0.4, 0.5) is 5.69 Å². The van der Waals surface area contributed by atoms with E-state index in [0.717, 1.165) is 53.5 Å². The Morgan fingerprint density at radius 1 is 0.922 bits per heavy atom. The Morgan fingerprint density at radius 2 is 1.73 bits per heavy atom. The number of hydrogen-bond donors (Lipinski definition) is 2. The average molecular weight is 763 g/mol. The first-order chi connectivity index (χ1) is 24.5. The lowest BCUT2D eigenvalue weighted by atomic mass is 10.1. The van der Waals surface area contributed by atoms with Crippen LogP contribution in [0.15, 0.2) is 108 Å². The number of aryl methyl sites for hydroxylation is 1. The van der Waals surface area contributed by atoms with Crippen LogP contribution in [0, 0.1) is 0 Å². The normalized spacial score (nSPS) is 14.5. The van der Waals surface area contributed by atoms with Crippen molar-refractivity contribution < 1.29 is 35.2 Å². The van der Waals surface area contributed by atoms with Crippen LogP contribution in [-0.2, 0) is 26.8 Å². The van der Waals surface area contributed by atoms with Crippen molar-refractivity contribution in [3.63, 3.8) is 0 Å². The third-order valence-electron chi connectivity index (χ3n) is 8.72. The van der Waals surface area contributed by atoms with Crippen molar-refractivity contribution in [1.82, 2.24) is 4.57 Å².